The minimum Gasteiger partial charge on any atom is -0.325 e. The van der Waals surface area contributed by atoms with Gasteiger partial charge in [-0.15, -0.1) is 0 Å². The highest BCUT2D eigenvalue weighted by Crippen LogP contribution is 2.20. The summed E-state index contributed by atoms with van der Waals surface area (Å²) in [6.45, 7) is 4.43. The van der Waals surface area contributed by atoms with Crippen LogP contribution in [0.3, 0.4) is 0 Å². The Hall–Kier alpha value is -1.32. The Bertz CT molecular complexity index is 517. The van der Waals surface area contributed by atoms with Gasteiger partial charge in [0.15, 0.2) is 0 Å². The van der Waals surface area contributed by atoms with Crippen LogP contribution in [0.15, 0.2) is 24.3 Å². The molecule has 3 nitrogen and oxygen atoms in total. The first-order chi connectivity index (χ1) is 7.61. The van der Waals surface area contributed by atoms with E-state index in [9.17, 15) is 0 Å². The molecule has 0 fully saturated rings. The van der Waals surface area contributed by atoms with Gasteiger partial charge in [-0.25, -0.2) is 4.68 Å². The molecule has 1 heterocycles. The van der Waals surface area contributed by atoms with E-state index in [1.165, 1.54) is 0 Å². The van der Waals surface area contributed by atoms with Crippen LogP contribution in [0, 0.1) is 13.8 Å². The molecule has 0 amide bonds. The molecule has 4 heteroatoms. The van der Waals surface area contributed by atoms with Crippen LogP contribution in [0.4, 0.5) is 0 Å². The van der Waals surface area contributed by atoms with E-state index < -0.39 is 0 Å². The van der Waals surface area contributed by atoms with Crippen molar-refractivity contribution in [1.82, 2.24) is 9.78 Å². The minimum atomic E-state index is 0.452. The highest BCUT2D eigenvalue weighted by molar-refractivity contribution is 6.31. The molecule has 84 valence electrons. The molecular weight excluding hydrogens is 222 g/mol. The third-order valence-electron chi connectivity index (χ3n) is 2.55. The summed E-state index contributed by atoms with van der Waals surface area (Å²) >= 11 is 6.09. The topological polar surface area (TPSA) is 43.8 Å². The predicted molar refractivity (Wildman–Crippen MR) is 65.9 cm³/mol. The van der Waals surface area contributed by atoms with Gasteiger partial charge in [-0.05, 0) is 37.6 Å². The molecule has 0 aliphatic carbocycles. The highest BCUT2D eigenvalue weighted by Gasteiger charge is 2.06. The number of benzene rings is 1. The monoisotopic (exact) mass is 235 g/mol. The molecule has 0 atom stereocenters. The van der Waals surface area contributed by atoms with E-state index in [1.54, 1.807) is 0 Å². The van der Waals surface area contributed by atoms with Gasteiger partial charge < -0.3 is 5.73 Å². The molecule has 0 saturated heterocycles. The van der Waals surface area contributed by atoms with Crippen molar-refractivity contribution in [3.63, 3.8) is 0 Å². The quantitative estimate of drug-likeness (QED) is 0.870. The van der Waals surface area contributed by atoms with Gasteiger partial charge in [-0.3, -0.25) is 0 Å². The molecule has 0 aliphatic rings. The first-order valence-corrected chi connectivity index (χ1v) is 5.51. The Morgan fingerprint density at radius 2 is 2.06 bits per heavy atom. The summed E-state index contributed by atoms with van der Waals surface area (Å²) in [6, 6.07) is 7.88. The van der Waals surface area contributed by atoms with Crippen LogP contribution >= 0.6 is 11.6 Å². The lowest BCUT2D eigenvalue weighted by Crippen LogP contribution is -2.01. The third-order valence-corrected chi connectivity index (χ3v) is 2.95. The second-order valence-electron chi connectivity index (χ2n) is 3.83. The molecule has 16 heavy (non-hydrogen) atoms. The lowest BCUT2D eigenvalue weighted by atomic mass is 10.2. The van der Waals surface area contributed by atoms with E-state index in [2.05, 4.69) is 5.10 Å². The fraction of sp³-hybridized carbons (Fsp3) is 0.250. The number of nitrogens with zero attached hydrogens (tertiary/aromatic N) is 2. The molecule has 0 saturated carbocycles. The highest BCUT2D eigenvalue weighted by atomic mass is 35.5. The Morgan fingerprint density at radius 1 is 1.31 bits per heavy atom. The van der Waals surface area contributed by atoms with E-state index in [4.69, 9.17) is 17.3 Å². The standard InChI is InChI=1S/C12H14ClN3/c1-8-3-4-11(6-12(8)13)16-9(2)5-10(7-14)15-16/h3-6H,7,14H2,1-2H3. The van der Waals surface area contributed by atoms with Gasteiger partial charge in [0.2, 0.25) is 0 Å². The molecule has 1 aromatic carbocycles. The summed E-state index contributed by atoms with van der Waals surface area (Å²) in [5.74, 6) is 0. The molecule has 2 rings (SSSR count). The molecule has 0 spiro atoms. The number of hydrogen-bond acceptors (Lipinski definition) is 2. The van der Waals surface area contributed by atoms with Crippen molar-refractivity contribution in [3.8, 4) is 5.69 Å². The van der Waals surface area contributed by atoms with Gasteiger partial charge in [-0.2, -0.15) is 5.10 Å². The summed E-state index contributed by atoms with van der Waals surface area (Å²) in [6.07, 6.45) is 0. The molecule has 0 bridgehead atoms. The van der Waals surface area contributed by atoms with Crippen molar-refractivity contribution >= 4 is 11.6 Å². The number of aryl methyl sites for hydroxylation is 2. The lowest BCUT2D eigenvalue weighted by Gasteiger charge is -2.06. The molecular formula is C12H14ClN3. The molecule has 1 aromatic heterocycles. The Balaban J connectivity index is 2.49. The molecule has 2 aromatic rings. The Morgan fingerprint density at radius 3 is 2.62 bits per heavy atom. The van der Waals surface area contributed by atoms with Crippen LogP contribution < -0.4 is 5.73 Å². The van der Waals surface area contributed by atoms with Crippen LogP contribution in [0.25, 0.3) is 5.69 Å². The first-order valence-electron chi connectivity index (χ1n) is 5.14. The molecule has 0 aliphatic heterocycles. The third kappa shape index (κ3) is 1.96. The maximum Gasteiger partial charge on any atom is 0.0767 e. The Labute approximate surface area is 99.8 Å². The zero-order valence-corrected chi connectivity index (χ0v) is 10.1. The van der Waals surface area contributed by atoms with Crippen LogP contribution in [0.5, 0.6) is 0 Å². The summed E-state index contributed by atoms with van der Waals surface area (Å²) < 4.78 is 1.85. The number of rotatable bonds is 2. The van der Waals surface area contributed by atoms with Crippen molar-refractivity contribution in [1.29, 1.82) is 0 Å². The van der Waals surface area contributed by atoms with Gasteiger partial charge in [0.1, 0.15) is 0 Å². The fourth-order valence-electron chi connectivity index (χ4n) is 1.61. The van der Waals surface area contributed by atoms with Gasteiger partial charge in [0, 0.05) is 17.3 Å². The second-order valence-corrected chi connectivity index (χ2v) is 4.23. The van der Waals surface area contributed by atoms with Crippen molar-refractivity contribution in [3.05, 3.63) is 46.2 Å². The zero-order valence-electron chi connectivity index (χ0n) is 9.37. The zero-order chi connectivity index (χ0) is 11.7. The van der Waals surface area contributed by atoms with Crippen LogP contribution in [-0.2, 0) is 6.54 Å². The average Bonchev–Trinajstić information content (AvgIpc) is 2.64. The van der Waals surface area contributed by atoms with Crippen molar-refractivity contribution in [2.24, 2.45) is 5.73 Å². The van der Waals surface area contributed by atoms with Crippen molar-refractivity contribution in [2.45, 2.75) is 20.4 Å². The van der Waals surface area contributed by atoms with E-state index in [1.807, 2.05) is 42.8 Å². The summed E-state index contributed by atoms with van der Waals surface area (Å²) in [7, 11) is 0. The summed E-state index contributed by atoms with van der Waals surface area (Å²) in [4.78, 5) is 0. The maximum atomic E-state index is 6.09. The Kier molecular flexibility index (Phi) is 2.99. The first kappa shape index (κ1) is 11.2. The average molecular weight is 236 g/mol. The minimum absolute atomic E-state index is 0.452. The lowest BCUT2D eigenvalue weighted by molar-refractivity contribution is 0.812. The maximum absolute atomic E-state index is 6.09. The molecule has 0 radical (unpaired) electrons. The van der Waals surface area contributed by atoms with E-state index >= 15 is 0 Å². The predicted octanol–water partition coefficient (Wildman–Crippen LogP) is 2.60. The van der Waals surface area contributed by atoms with E-state index in [-0.39, 0.29) is 0 Å². The number of hydrogen-bond donors (Lipinski definition) is 1. The largest absolute Gasteiger partial charge is 0.325 e. The van der Waals surface area contributed by atoms with Crippen LogP contribution in [0.2, 0.25) is 5.02 Å². The fourth-order valence-corrected chi connectivity index (χ4v) is 1.79. The summed E-state index contributed by atoms with van der Waals surface area (Å²) in [5.41, 5.74) is 9.53. The number of nitrogens with two attached hydrogens (primary N) is 1. The second kappa shape index (κ2) is 4.28. The summed E-state index contributed by atoms with van der Waals surface area (Å²) in [5, 5.41) is 5.15. The van der Waals surface area contributed by atoms with Gasteiger partial charge in [-0.1, -0.05) is 17.7 Å². The normalized spacial score (nSPS) is 10.8. The van der Waals surface area contributed by atoms with Crippen molar-refractivity contribution in [2.75, 3.05) is 0 Å². The smallest absolute Gasteiger partial charge is 0.0767 e. The van der Waals surface area contributed by atoms with E-state index in [0.29, 0.717) is 6.54 Å². The van der Waals surface area contributed by atoms with Crippen LogP contribution in [0.1, 0.15) is 17.0 Å². The van der Waals surface area contributed by atoms with Crippen LogP contribution in [-0.4, -0.2) is 9.78 Å². The number of aromatic nitrogens is 2. The number of halogens is 1. The van der Waals surface area contributed by atoms with Gasteiger partial charge >= 0.3 is 0 Å². The molecule has 0 unspecified atom stereocenters. The van der Waals surface area contributed by atoms with Gasteiger partial charge in [0.05, 0.1) is 11.4 Å². The SMILES string of the molecule is Cc1ccc(-n2nc(CN)cc2C)cc1Cl. The van der Waals surface area contributed by atoms with E-state index in [0.717, 1.165) is 27.7 Å². The van der Waals surface area contributed by atoms with Crippen molar-refractivity contribution < 1.29 is 0 Å². The van der Waals surface area contributed by atoms with Gasteiger partial charge in [0.25, 0.3) is 0 Å². The molecule has 2 N–H and O–H groups in total.